The van der Waals surface area contributed by atoms with Gasteiger partial charge in [-0.2, -0.15) is 0 Å². The van der Waals surface area contributed by atoms with Gasteiger partial charge in [0.25, 0.3) is 0 Å². The summed E-state index contributed by atoms with van der Waals surface area (Å²) < 4.78 is 0. The Morgan fingerprint density at radius 2 is 2.25 bits per heavy atom. The lowest BCUT2D eigenvalue weighted by atomic mass is 10.1. The number of nitrogens with two attached hydrogens (primary N) is 1. The summed E-state index contributed by atoms with van der Waals surface area (Å²) in [6.07, 6.45) is 0.637. The van der Waals surface area contributed by atoms with Crippen LogP contribution in [0.15, 0.2) is 18.2 Å². The summed E-state index contributed by atoms with van der Waals surface area (Å²) in [6.45, 7) is 4.20. The Bertz CT molecular complexity index is 377. The molecule has 0 bridgehead atoms. The lowest BCUT2D eigenvalue weighted by molar-refractivity contribution is -0.119. The van der Waals surface area contributed by atoms with Crippen molar-refractivity contribution in [1.82, 2.24) is 0 Å². The first-order valence-corrected chi connectivity index (χ1v) is 5.35. The zero-order valence-electron chi connectivity index (χ0n) is 9.66. The molecule has 16 heavy (non-hydrogen) atoms. The lowest BCUT2D eigenvalue weighted by Crippen LogP contribution is -2.22. The molecule has 0 spiro atoms. The summed E-state index contributed by atoms with van der Waals surface area (Å²) >= 11 is 0. The molecular formula is C12H18N2O2. The molecule has 1 atom stereocenters. The quantitative estimate of drug-likeness (QED) is 0.678. The largest absolute Gasteiger partial charge is 0.506 e. The van der Waals surface area contributed by atoms with Crippen LogP contribution in [0.5, 0.6) is 5.75 Å². The minimum absolute atomic E-state index is 0.0823. The average molecular weight is 222 g/mol. The van der Waals surface area contributed by atoms with E-state index < -0.39 is 0 Å². The van der Waals surface area contributed by atoms with Crippen molar-refractivity contribution in [2.24, 2.45) is 11.7 Å². The van der Waals surface area contributed by atoms with Crippen LogP contribution in [0.1, 0.15) is 18.9 Å². The van der Waals surface area contributed by atoms with Crippen molar-refractivity contribution < 1.29 is 9.90 Å². The molecule has 1 unspecified atom stereocenters. The number of benzene rings is 1. The standard InChI is InChI=1S/C12H18N2O2/c1-8-3-4-11(15)10(7-8)14-12(16)9(2)5-6-13/h3-4,7,9,15H,5-6,13H2,1-2H3,(H,14,16). The third-order valence-electron chi connectivity index (χ3n) is 2.46. The van der Waals surface area contributed by atoms with Crippen LogP contribution in [-0.2, 0) is 4.79 Å². The topological polar surface area (TPSA) is 75.3 Å². The van der Waals surface area contributed by atoms with Gasteiger partial charge in [0.1, 0.15) is 5.75 Å². The Hall–Kier alpha value is -1.55. The molecule has 1 rings (SSSR count). The highest BCUT2D eigenvalue weighted by Gasteiger charge is 2.13. The van der Waals surface area contributed by atoms with Gasteiger partial charge in [0.15, 0.2) is 0 Å². The van der Waals surface area contributed by atoms with E-state index in [1.54, 1.807) is 18.2 Å². The molecule has 0 fully saturated rings. The number of hydrogen-bond acceptors (Lipinski definition) is 3. The summed E-state index contributed by atoms with van der Waals surface area (Å²) in [5, 5.41) is 12.2. The number of aromatic hydroxyl groups is 1. The first-order valence-electron chi connectivity index (χ1n) is 5.35. The molecule has 1 aromatic rings. The maximum atomic E-state index is 11.7. The zero-order valence-corrected chi connectivity index (χ0v) is 9.66. The van der Waals surface area contributed by atoms with Crippen molar-refractivity contribution in [2.45, 2.75) is 20.3 Å². The van der Waals surface area contributed by atoms with Gasteiger partial charge < -0.3 is 16.2 Å². The van der Waals surface area contributed by atoms with Crippen LogP contribution >= 0.6 is 0 Å². The third-order valence-corrected chi connectivity index (χ3v) is 2.46. The molecule has 0 saturated heterocycles. The van der Waals surface area contributed by atoms with Crippen LogP contribution < -0.4 is 11.1 Å². The van der Waals surface area contributed by atoms with Crippen LogP contribution in [0.2, 0.25) is 0 Å². The molecule has 1 amide bonds. The van der Waals surface area contributed by atoms with Crippen molar-refractivity contribution in [3.63, 3.8) is 0 Å². The van der Waals surface area contributed by atoms with Gasteiger partial charge in [-0.05, 0) is 37.6 Å². The molecule has 0 aliphatic heterocycles. The molecule has 0 aliphatic rings. The Labute approximate surface area is 95.5 Å². The summed E-state index contributed by atoms with van der Waals surface area (Å²) in [5.41, 5.74) is 6.82. The van der Waals surface area contributed by atoms with Crippen molar-refractivity contribution in [3.05, 3.63) is 23.8 Å². The number of phenolic OH excluding ortho intramolecular Hbond substituents is 1. The normalized spacial score (nSPS) is 12.2. The Morgan fingerprint density at radius 3 is 2.88 bits per heavy atom. The minimum Gasteiger partial charge on any atom is -0.506 e. The fourth-order valence-electron chi connectivity index (χ4n) is 1.39. The van der Waals surface area contributed by atoms with E-state index in [2.05, 4.69) is 5.32 Å². The molecule has 88 valence electrons. The van der Waals surface area contributed by atoms with Gasteiger partial charge in [-0.15, -0.1) is 0 Å². The molecule has 0 saturated carbocycles. The fraction of sp³-hybridized carbons (Fsp3) is 0.417. The highest BCUT2D eigenvalue weighted by Crippen LogP contribution is 2.24. The van der Waals surface area contributed by atoms with Gasteiger partial charge in [-0.1, -0.05) is 13.0 Å². The second-order valence-electron chi connectivity index (χ2n) is 3.99. The van der Waals surface area contributed by atoms with E-state index in [0.29, 0.717) is 18.7 Å². The van der Waals surface area contributed by atoms with Crippen molar-refractivity contribution in [3.8, 4) is 5.75 Å². The molecule has 4 nitrogen and oxygen atoms in total. The molecule has 0 radical (unpaired) electrons. The van der Waals surface area contributed by atoms with Crippen molar-refractivity contribution >= 4 is 11.6 Å². The minimum atomic E-state index is -0.148. The van der Waals surface area contributed by atoms with Crippen LogP contribution in [-0.4, -0.2) is 17.6 Å². The highest BCUT2D eigenvalue weighted by molar-refractivity contribution is 5.93. The number of amides is 1. The fourth-order valence-corrected chi connectivity index (χ4v) is 1.39. The second kappa shape index (κ2) is 5.51. The van der Waals surface area contributed by atoms with E-state index in [4.69, 9.17) is 5.73 Å². The number of aryl methyl sites for hydroxylation is 1. The third kappa shape index (κ3) is 3.24. The summed E-state index contributed by atoms with van der Waals surface area (Å²) in [7, 11) is 0. The maximum Gasteiger partial charge on any atom is 0.227 e. The van der Waals surface area contributed by atoms with Crippen LogP contribution in [0, 0.1) is 12.8 Å². The summed E-state index contributed by atoms with van der Waals surface area (Å²) in [6, 6.07) is 5.09. The van der Waals surface area contributed by atoms with E-state index >= 15 is 0 Å². The Balaban J connectivity index is 2.72. The Kier molecular flexibility index (Phi) is 4.31. The van der Waals surface area contributed by atoms with Gasteiger partial charge in [0, 0.05) is 5.92 Å². The smallest absolute Gasteiger partial charge is 0.227 e. The SMILES string of the molecule is Cc1ccc(O)c(NC(=O)C(C)CCN)c1. The van der Waals surface area contributed by atoms with Crippen LogP contribution in [0.3, 0.4) is 0 Å². The number of hydrogen-bond donors (Lipinski definition) is 3. The van der Waals surface area contributed by atoms with Gasteiger partial charge in [-0.25, -0.2) is 0 Å². The summed E-state index contributed by atoms with van der Waals surface area (Å²) in [5.74, 6) is -0.185. The zero-order chi connectivity index (χ0) is 12.1. The molecule has 4 heteroatoms. The van der Waals surface area contributed by atoms with Crippen molar-refractivity contribution in [2.75, 3.05) is 11.9 Å². The van der Waals surface area contributed by atoms with Gasteiger partial charge in [0.2, 0.25) is 5.91 Å². The predicted octanol–water partition coefficient (Wildman–Crippen LogP) is 1.62. The number of phenols is 1. The highest BCUT2D eigenvalue weighted by atomic mass is 16.3. The molecule has 0 aromatic heterocycles. The Morgan fingerprint density at radius 1 is 1.56 bits per heavy atom. The van der Waals surface area contributed by atoms with E-state index in [-0.39, 0.29) is 17.6 Å². The van der Waals surface area contributed by atoms with E-state index in [0.717, 1.165) is 5.56 Å². The number of rotatable bonds is 4. The average Bonchev–Trinajstić information content (AvgIpc) is 2.23. The molecule has 1 aromatic carbocycles. The summed E-state index contributed by atoms with van der Waals surface area (Å²) in [4.78, 5) is 11.7. The first-order chi connectivity index (χ1) is 7.54. The number of carbonyl (C=O) groups is 1. The molecule has 0 aliphatic carbocycles. The van der Waals surface area contributed by atoms with E-state index in [1.165, 1.54) is 0 Å². The van der Waals surface area contributed by atoms with Gasteiger partial charge >= 0.3 is 0 Å². The maximum absolute atomic E-state index is 11.7. The van der Waals surface area contributed by atoms with Gasteiger partial charge in [0.05, 0.1) is 5.69 Å². The lowest BCUT2D eigenvalue weighted by Gasteiger charge is -2.12. The van der Waals surface area contributed by atoms with E-state index in [1.807, 2.05) is 13.8 Å². The molecule has 4 N–H and O–H groups in total. The van der Waals surface area contributed by atoms with Crippen LogP contribution in [0.25, 0.3) is 0 Å². The predicted molar refractivity (Wildman–Crippen MR) is 64.3 cm³/mol. The monoisotopic (exact) mass is 222 g/mol. The molecule has 0 heterocycles. The first kappa shape index (κ1) is 12.5. The van der Waals surface area contributed by atoms with E-state index in [9.17, 15) is 9.90 Å². The second-order valence-corrected chi connectivity index (χ2v) is 3.99. The van der Waals surface area contributed by atoms with Gasteiger partial charge in [-0.3, -0.25) is 4.79 Å². The number of carbonyl (C=O) groups excluding carboxylic acids is 1. The van der Waals surface area contributed by atoms with Crippen LogP contribution in [0.4, 0.5) is 5.69 Å². The number of anilines is 1. The van der Waals surface area contributed by atoms with Crippen molar-refractivity contribution in [1.29, 1.82) is 0 Å². The molecular weight excluding hydrogens is 204 g/mol. The number of nitrogens with one attached hydrogen (secondary N) is 1.